The maximum atomic E-state index is 13.9. The van der Waals surface area contributed by atoms with Crippen LogP contribution in [0.15, 0.2) is 48.5 Å². The third-order valence-corrected chi connectivity index (χ3v) is 11.0. The first-order valence-electron chi connectivity index (χ1n) is 16.9. The molecule has 6 rings (SSSR count). The van der Waals surface area contributed by atoms with Crippen LogP contribution < -0.4 is 5.32 Å². The molecule has 3 fully saturated rings. The number of hydrogen-bond acceptors (Lipinski definition) is 6. The average Bonchev–Trinajstić information content (AvgIpc) is 3.22. The number of benzene rings is 2. The minimum Gasteiger partial charge on any atom is -0.445 e. The second kappa shape index (κ2) is 13.9. The van der Waals surface area contributed by atoms with Crippen LogP contribution in [0.1, 0.15) is 61.6 Å². The van der Waals surface area contributed by atoms with Crippen LogP contribution in [-0.2, 0) is 22.6 Å². The highest BCUT2D eigenvalue weighted by Crippen LogP contribution is 2.42. The van der Waals surface area contributed by atoms with E-state index >= 15 is 0 Å². The van der Waals surface area contributed by atoms with Crippen molar-refractivity contribution in [3.8, 4) is 0 Å². The number of nitrogens with zero attached hydrogens (tertiary/aromatic N) is 4. The Kier molecular flexibility index (Phi) is 9.75. The molecule has 0 spiro atoms. The molecule has 3 saturated heterocycles. The smallest absolute Gasteiger partial charge is 0.411 e. The van der Waals surface area contributed by atoms with Gasteiger partial charge in [-0.1, -0.05) is 48.0 Å². The highest BCUT2D eigenvalue weighted by Gasteiger charge is 2.52. The van der Waals surface area contributed by atoms with Gasteiger partial charge in [0.2, 0.25) is 0 Å². The molecule has 0 aromatic heterocycles. The molecule has 45 heavy (non-hydrogen) atoms. The Hall–Kier alpha value is -3.43. The number of aryl methyl sites for hydroxylation is 1. The number of carbonyl (C=O) groups excluding carboxylic acids is 3. The third-order valence-electron chi connectivity index (χ3n) is 11.0. The maximum Gasteiger partial charge on any atom is 0.411 e. The number of urea groups is 1. The van der Waals surface area contributed by atoms with Crippen LogP contribution in [0.4, 0.5) is 15.3 Å². The fourth-order valence-electron chi connectivity index (χ4n) is 8.41. The number of ether oxygens (including phenoxy) is 1. The van der Waals surface area contributed by atoms with Gasteiger partial charge >= 0.3 is 12.1 Å². The largest absolute Gasteiger partial charge is 0.445 e. The maximum absolute atomic E-state index is 13.9. The van der Waals surface area contributed by atoms with Gasteiger partial charge in [0.25, 0.3) is 0 Å². The number of fused-ring (bicyclic) bond motifs is 1. The van der Waals surface area contributed by atoms with E-state index in [1.54, 1.807) is 0 Å². The molecule has 0 saturated carbocycles. The highest BCUT2D eigenvalue weighted by molar-refractivity contribution is 5.91. The molecule has 242 valence electrons. The van der Waals surface area contributed by atoms with Gasteiger partial charge in [-0.05, 0) is 94.6 Å². The molecule has 4 aliphatic heterocycles. The van der Waals surface area contributed by atoms with Crippen molar-refractivity contribution in [3.05, 3.63) is 65.2 Å². The molecule has 3 amide bonds. The summed E-state index contributed by atoms with van der Waals surface area (Å²) in [4.78, 5) is 48.6. The van der Waals surface area contributed by atoms with Crippen LogP contribution in [0.3, 0.4) is 0 Å². The predicted octanol–water partition coefficient (Wildman–Crippen LogP) is 5.53. The van der Waals surface area contributed by atoms with E-state index < -0.39 is 5.66 Å². The van der Waals surface area contributed by atoms with Crippen molar-refractivity contribution in [3.63, 3.8) is 0 Å². The Balaban J connectivity index is 1.23. The third kappa shape index (κ3) is 6.89. The normalized spacial score (nSPS) is 25.7. The molecule has 4 aliphatic rings. The lowest BCUT2D eigenvalue weighted by atomic mass is 9.77. The molecule has 1 N–H and O–H groups in total. The lowest BCUT2D eigenvalue weighted by Crippen LogP contribution is -2.69. The van der Waals surface area contributed by atoms with Gasteiger partial charge in [-0.15, -0.1) is 0 Å². The van der Waals surface area contributed by atoms with Gasteiger partial charge in [-0.3, -0.25) is 9.80 Å². The van der Waals surface area contributed by atoms with Crippen LogP contribution in [0, 0.1) is 18.8 Å². The molecule has 0 aliphatic carbocycles. The molecular formula is C36H49N5O4. The number of hydrogen-bond donors (Lipinski definition) is 1. The minimum absolute atomic E-state index is 0.105. The van der Waals surface area contributed by atoms with Gasteiger partial charge in [0.15, 0.2) is 0 Å². The Labute approximate surface area is 267 Å². The minimum atomic E-state index is -0.842. The number of anilines is 1. The standard InChI is InChI=1S/C36H49N5O4/c1-27-6-5-7-28(24-27)26-45-35(44)41-22-15-32(40-21-14-31-8-3-4-9-33(31)37-34(40)43)25-36(41,16-23-42)39-19-12-30(13-20-39)29-10-17-38(2)18-11-29/h3-9,23-24,29-30,32H,10-22,25-26H2,1-2H3,(H,37,43)/t32-,36+/m1/s1. The van der Waals surface area contributed by atoms with E-state index in [-0.39, 0.29) is 31.2 Å². The zero-order valence-electron chi connectivity index (χ0n) is 27.0. The zero-order chi connectivity index (χ0) is 31.4. The zero-order valence-corrected chi connectivity index (χ0v) is 27.0. The van der Waals surface area contributed by atoms with Gasteiger partial charge in [0, 0.05) is 50.7 Å². The summed E-state index contributed by atoms with van der Waals surface area (Å²) in [5.41, 5.74) is 3.20. The van der Waals surface area contributed by atoms with Gasteiger partial charge in [-0.2, -0.15) is 0 Å². The molecular weight excluding hydrogens is 566 g/mol. The van der Waals surface area contributed by atoms with E-state index in [0.717, 1.165) is 80.0 Å². The van der Waals surface area contributed by atoms with Crippen molar-refractivity contribution in [1.29, 1.82) is 0 Å². The number of para-hydroxylation sites is 1. The Morgan fingerprint density at radius 3 is 2.42 bits per heavy atom. The lowest BCUT2D eigenvalue weighted by Gasteiger charge is -2.57. The molecule has 0 radical (unpaired) electrons. The number of carbonyl (C=O) groups is 3. The molecule has 0 unspecified atom stereocenters. The van der Waals surface area contributed by atoms with Crippen LogP contribution in [0.5, 0.6) is 0 Å². The number of rotatable bonds is 7. The number of likely N-dealkylation sites (tertiary alicyclic amines) is 3. The first-order chi connectivity index (χ1) is 21.9. The summed E-state index contributed by atoms with van der Waals surface area (Å²) in [6.07, 6.45) is 7.29. The fraction of sp³-hybridized carbons (Fsp3) is 0.583. The van der Waals surface area contributed by atoms with Gasteiger partial charge in [0.05, 0.1) is 0 Å². The van der Waals surface area contributed by atoms with Crippen LogP contribution in [0.25, 0.3) is 0 Å². The van der Waals surface area contributed by atoms with Crippen molar-refractivity contribution >= 4 is 24.1 Å². The van der Waals surface area contributed by atoms with E-state index in [1.165, 1.54) is 12.8 Å². The summed E-state index contributed by atoms with van der Waals surface area (Å²) >= 11 is 0. The van der Waals surface area contributed by atoms with Crippen molar-refractivity contribution in [1.82, 2.24) is 19.6 Å². The average molecular weight is 616 g/mol. The summed E-state index contributed by atoms with van der Waals surface area (Å²) < 4.78 is 5.95. The Morgan fingerprint density at radius 1 is 0.956 bits per heavy atom. The fourth-order valence-corrected chi connectivity index (χ4v) is 8.41. The second-order valence-electron chi connectivity index (χ2n) is 13.7. The van der Waals surface area contributed by atoms with E-state index in [2.05, 4.69) is 28.2 Å². The van der Waals surface area contributed by atoms with E-state index in [0.29, 0.717) is 31.8 Å². The summed E-state index contributed by atoms with van der Waals surface area (Å²) in [7, 11) is 2.21. The van der Waals surface area contributed by atoms with Crippen molar-refractivity contribution in [2.75, 3.05) is 51.6 Å². The monoisotopic (exact) mass is 615 g/mol. The first kappa shape index (κ1) is 31.5. The quantitative estimate of drug-likeness (QED) is 0.413. The Bertz CT molecular complexity index is 1350. The number of piperidine rings is 3. The molecule has 0 bridgehead atoms. The van der Waals surface area contributed by atoms with E-state index in [4.69, 9.17) is 4.74 Å². The van der Waals surface area contributed by atoms with E-state index in [9.17, 15) is 14.4 Å². The first-order valence-corrected chi connectivity index (χ1v) is 16.9. The predicted molar refractivity (Wildman–Crippen MR) is 175 cm³/mol. The summed E-state index contributed by atoms with van der Waals surface area (Å²) in [5.74, 6) is 1.40. The Morgan fingerprint density at radius 2 is 1.69 bits per heavy atom. The van der Waals surface area contributed by atoms with Crippen LogP contribution >= 0.6 is 0 Å². The number of aldehydes is 1. The lowest BCUT2D eigenvalue weighted by molar-refractivity contribution is -0.129. The van der Waals surface area contributed by atoms with Gasteiger partial charge in [0.1, 0.15) is 18.6 Å². The summed E-state index contributed by atoms with van der Waals surface area (Å²) in [6.45, 7) is 7.21. The number of amides is 3. The molecule has 4 heterocycles. The molecule has 9 nitrogen and oxygen atoms in total. The molecule has 2 aromatic carbocycles. The summed E-state index contributed by atoms with van der Waals surface area (Å²) in [6, 6.07) is 15.7. The molecule has 2 atom stereocenters. The van der Waals surface area contributed by atoms with Crippen LogP contribution in [-0.4, -0.2) is 96.0 Å². The number of nitrogens with one attached hydrogen (secondary N) is 1. The van der Waals surface area contributed by atoms with Crippen molar-refractivity contribution < 1.29 is 19.1 Å². The van der Waals surface area contributed by atoms with Crippen molar-refractivity contribution in [2.45, 2.75) is 76.6 Å². The SMILES string of the molecule is Cc1cccc(COC(=O)N2CC[C@@H](N3CCc4ccccc4NC3=O)C[C@@]2(CC=O)N2CCC(C3CCN(C)CC3)CC2)c1. The molecule has 2 aromatic rings. The summed E-state index contributed by atoms with van der Waals surface area (Å²) in [5, 5.41) is 3.13. The van der Waals surface area contributed by atoms with E-state index in [1.807, 2.05) is 59.2 Å². The molecule has 9 heteroatoms. The topological polar surface area (TPSA) is 85.4 Å². The highest BCUT2D eigenvalue weighted by atomic mass is 16.6. The van der Waals surface area contributed by atoms with Crippen molar-refractivity contribution in [2.24, 2.45) is 11.8 Å². The van der Waals surface area contributed by atoms with Gasteiger partial charge < -0.3 is 24.6 Å². The second-order valence-corrected chi connectivity index (χ2v) is 13.7. The van der Waals surface area contributed by atoms with Crippen LogP contribution in [0.2, 0.25) is 0 Å². The van der Waals surface area contributed by atoms with Gasteiger partial charge in [-0.25, -0.2) is 9.59 Å².